The first-order valence-corrected chi connectivity index (χ1v) is 6.43. The van der Waals surface area contributed by atoms with Crippen LogP contribution in [0.4, 0.5) is 13.2 Å². The van der Waals surface area contributed by atoms with Gasteiger partial charge in [0.25, 0.3) is 0 Å². The monoisotopic (exact) mass is 278 g/mol. The Morgan fingerprint density at radius 1 is 1.11 bits per heavy atom. The summed E-state index contributed by atoms with van der Waals surface area (Å²) in [5, 5.41) is 1.41. The van der Waals surface area contributed by atoms with Gasteiger partial charge < -0.3 is 9.31 Å². The molecule has 0 atom stereocenters. The highest BCUT2D eigenvalue weighted by Gasteiger charge is 2.54. The molecule has 100 valence electrons. The van der Waals surface area contributed by atoms with Crippen molar-refractivity contribution in [2.24, 2.45) is 0 Å². The van der Waals surface area contributed by atoms with Gasteiger partial charge in [-0.3, -0.25) is 0 Å². The molecule has 0 bridgehead atoms. The zero-order valence-corrected chi connectivity index (χ0v) is 11.4. The van der Waals surface area contributed by atoms with Gasteiger partial charge in [-0.15, -0.1) is 11.3 Å². The Morgan fingerprint density at radius 2 is 1.61 bits per heavy atom. The average molecular weight is 278 g/mol. The quantitative estimate of drug-likeness (QED) is 0.735. The van der Waals surface area contributed by atoms with E-state index >= 15 is 0 Å². The lowest BCUT2D eigenvalue weighted by Crippen LogP contribution is -2.41. The van der Waals surface area contributed by atoms with E-state index in [0.29, 0.717) is 11.3 Å². The molecule has 1 fully saturated rings. The molecular formula is C11H14BF3O2S. The second kappa shape index (κ2) is 3.98. The topological polar surface area (TPSA) is 18.5 Å². The van der Waals surface area contributed by atoms with Gasteiger partial charge >= 0.3 is 13.3 Å². The number of hydrogen-bond donors (Lipinski definition) is 0. The van der Waals surface area contributed by atoms with Crippen molar-refractivity contribution < 1.29 is 22.5 Å². The molecule has 1 aromatic rings. The van der Waals surface area contributed by atoms with Crippen LogP contribution in [0.15, 0.2) is 11.4 Å². The molecule has 7 heteroatoms. The smallest absolute Gasteiger partial charge is 0.399 e. The Morgan fingerprint density at radius 3 is 2.06 bits per heavy atom. The molecule has 1 aromatic heterocycles. The van der Waals surface area contributed by atoms with Crippen molar-refractivity contribution in [2.75, 3.05) is 0 Å². The first-order chi connectivity index (χ1) is 8.05. The molecule has 2 rings (SSSR count). The van der Waals surface area contributed by atoms with Gasteiger partial charge in [0, 0.05) is 5.46 Å². The van der Waals surface area contributed by atoms with E-state index < -0.39 is 29.4 Å². The molecule has 0 amide bonds. The predicted octanol–water partition coefficient (Wildman–Crippen LogP) is 3.07. The van der Waals surface area contributed by atoms with Crippen molar-refractivity contribution in [3.05, 3.63) is 16.3 Å². The van der Waals surface area contributed by atoms with E-state index in [9.17, 15) is 13.2 Å². The summed E-state index contributed by atoms with van der Waals surface area (Å²) in [6.45, 7) is 7.25. The lowest BCUT2D eigenvalue weighted by molar-refractivity contribution is -0.133. The van der Waals surface area contributed by atoms with Crippen LogP contribution in [0.3, 0.4) is 0 Å². The van der Waals surface area contributed by atoms with Crippen molar-refractivity contribution in [1.29, 1.82) is 0 Å². The van der Waals surface area contributed by atoms with E-state index in [1.54, 1.807) is 0 Å². The minimum atomic E-state index is -4.37. The van der Waals surface area contributed by atoms with Crippen LogP contribution in [0.2, 0.25) is 0 Å². The normalized spacial score (nSPS) is 22.5. The van der Waals surface area contributed by atoms with Gasteiger partial charge in [0.15, 0.2) is 0 Å². The van der Waals surface area contributed by atoms with Gasteiger partial charge in [-0.05, 0) is 33.1 Å². The number of thiophene rings is 1. The van der Waals surface area contributed by atoms with Gasteiger partial charge in [-0.2, -0.15) is 13.2 Å². The Bertz CT molecular complexity index is 437. The SMILES string of the molecule is CC1(C)OB(c2ccsc2C(F)(F)F)OC1(C)C. The van der Waals surface area contributed by atoms with E-state index in [2.05, 4.69) is 0 Å². The van der Waals surface area contributed by atoms with Crippen molar-refractivity contribution in [3.63, 3.8) is 0 Å². The van der Waals surface area contributed by atoms with Crippen LogP contribution in [0, 0.1) is 0 Å². The maximum absolute atomic E-state index is 12.8. The fraction of sp³-hybridized carbons (Fsp3) is 0.636. The van der Waals surface area contributed by atoms with Gasteiger partial charge in [-0.1, -0.05) is 6.07 Å². The predicted molar refractivity (Wildman–Crippen MR) is 65.0 cm³/mol. The van der Waals surface area contributed by atoms with Crippen molar-refractivity contribution in [3.8, 4) is 0 Å². The van der Waals surface area contributed by atoms with Crippen molar-refractivity contribution in [1.82, 2.24) is 0 Å². The zero-order chi connectivity index (χ0) is 13.8. The Hall–Kier alpha value is -0.525. The largest absolute Gasteiger partial charge is 0.496 e. The fourth-order valence-electron chi connectivity index (χ4n) is 1.71. The molecule has 1 aliphatic heterocycles. The van der Waals surface area contributed by atoms with Crippen molar-refractivity contribution in [2.45, 2.75) is 45.1 Å². The second-order valence-electron chi connectivity index (χ2n) is 5.29. The molecule has 0 aliphatic carbocycles. The molecule has 1 saturated heterocycles. The summed E-state index contributed by atoms with van der Waals surface area (Å²) in [5.41, 5.74) is -1.21. The van der Waals surface area contributed by atoms with Crippen LogP contribution in [-0.2, 0) is 15.5 Å². The number of hydrogen-bond acceptors (Lipinski definition) is 3. The van der Waals surface area contributed by atoms with Gasteiger partial charge in [0.2, 0.25) is 0 Å². The molecule has 2 nitrogen and oxygen atoms in total. The standard InChI is InChI=1S/C11H14BF3O2S/c1-9(2)10(3,4)17-12(16-9)7-5-6-18-8(7)11(13,14)15/h5-6H,1-4H3. The highest BCUT2D eigenvalue weighted by Crippen LogP contribution is 2.39. The molecule has 1 aliphatic rings. The van der Waals surface area contributed by atoms with Crippen LogP contribution >= 0.6 is 11.3 Å². The average Bonchev–Trinajstić information content (AvgIpc) is 2.68. The third-order valence-electron chi connectivity index (χ3n) is 3.46. The minimum Gasteiger partial charge on any atom is -0.399 e. The van der Waals surface area contributed by atoms with Crippen LogP contribution in [0.1, 0.15) is 32.6 Å². The van der Waals surface area contributed by atoms with Gasteiger partial charge in [0.05, 0.1) is 11.2 Å². The van der Waals surface area contributed by atoms with E-state index in [0.717, 1.165) is 0 Å². The first kappa shape index (κ1) is 13.9. The highest BCUT2D eigenvalue weighted by atomic mass is 32.1. The molecule has 0 radical (unpaired) electrons. The molecule has 0 unspecified atom stereocenters. The molecule has 18 heavy (non-hydrogen) atoms. The summed E-state index contributed by atoms with van der Waals surface area (Å²) < 4.78 is 49.7. The number of alkyl halides is 3. The molecule has 0 spiro atoms. The van der Waals surface area contributed by atoms with Crippen LogP contribution in [0.5, 0.6) is 0 Å². The summed E-state index contributed by atoms with van der Waals surface area (Å²) in [7, 11) is -0.960. The third-order valence-corrected chi connectivity index (χ3v) is 4.44. The second-order valence-corrected chi connectivity index (χ2v) is 6.21. The molecular weight excluding hydrogens is 264 g/mol. The Labute approximate surface area is 108 Å². The number of rotatable bonds is 1. The van der Waals surface area contributed by atoms with Gasteiger partial charge in [0.1, 0.15) is 4.88 Å². The lowest BCUT2D eigenvalue weighted by Gasteiger charge is -2.32. The molecule has 0 saturated carbocycles. The first-order valence-electron chi connectivity index (χ1n) is 5.55. The molecule has 0 aromatic carbocycles. The Balaban J connectivity index is 2.34. The van der Waals surface area contributed by atoms with E-state index in [1.807, 2.05) is 27.7 Å². The highest BCUT2D eigenvalue weighted by molar-refractivity contribution is 7.11. The third kappa shape index (κ3) is 2.19. The fourth-order valence-corrected chi connectivity index (χ4v) is 2.49. The molecule has 2 heterocycles. The number of halogens is 3. The molecule has 0 N–H and O–H groups in total. The zero-order valence-electron chi connectivity index (χ0n) is 10.6. The maximum atomic E-state index is 12.8. The maximum Gasteiger partial charge on any atom is 0.496 e. The van der Waals surface area contributed by atoms with Gasteiger partial charge in [-0.25, -0.2) is 0 Å². The van der Waals surface area contributed by atoms with E-state index in [-0.39, 0.29) is 5.46 Å². The minimum absolute atomic E-state index is 0.0613. The van der Waals surface area contributed by atoms with Crippen LogP contribution in [-0.4, -0.2) is 18.3 Å². The van der Waals surface area contributed by atoms with Crippen molar-refractivity contribution >= 4 is 23.9 Å². The summed E-state index contributed by atoms with van der Waals surface area (Å²) in [6, 6.07) is 1.41. The van der Waals surface area contributed by atoms with E-state index in [1.165, 1.54) is 11.4 Å². The Kier molecular flexibility index (Phi) is 3.07. The summed E-state index contributed by atoms with van der Waals surface area (Å²) in [4.78, 5) is -0.652. The summed E-state index contributed by atoms with van der Waals surface area (Å²) in [6.07, 6.45) is -4.37. The summed E-state index contributed by atoms with van der Waals surface area (Å²) in [5.74, 6) is 0. The van der Waals surface area contributed by atoms with Crippen LogP contribution < -0.4 is 5.46 Å². The van der Waals surface area contributed by atoms with E-state index in [4.69, 9.17) is 9.31 Å². The van der Waals surface area contributed by atoms with Crippen LogP contribution in [0.25, 0.3) is 0 Å². The lowest BCUT2D eigenvalue weighted by atomic mass is 9.79. The summed E-state index contributed by atoms with van der Waals surface area (Å²) >= 11 is 0.659.